The van der Waals surface area contributed by atoms with Crippen molar-refractivity contribution in [2.45, 2.75) is 18.2 Å². The molecule has 0 saturated carbocycles. The van der Waals surface area contributed by atoms with Crippen molar-refractivity contribution in [1.29, 1.82) is 0 Å². The molecule has 1 aliphatic rings. The quantitative estimate of drug-likeness (QED) is 0.496. The van der Waals surface area contributed by atoms with Crippen molar-refractivity contribution < 1.29 is 13.9 Å². The Morgan fingerprint density at radius 2 is 2.12 bits per heavy atom. The van der Waals surface area contributed by atoms with Crippen molar-refractivity contribution >= 4 is 39.3 Å². The van der Waals surface area contributed by atoms with Gasteiger partial charge in [-0.15, -0.1) is 0 Å². The number of aromatic nitrogens is 3. The molecule has 26 heavy (non-hydrogen) atoms. The number of carbonyl (C=O) groups is 1. The number of amides is 1. The summed E-state index contributed by atoms with van der Waals surface area (Å²) < 4.78 is 7.82. The van der Waals surface area contributed by atoms with Gasteiger partial charge >= 0.3 is 17.4 Å². The van der Waals surface area contributed by atoms with Crippen LogP contribution in [0.5, 0.6) is 0 Å². The van der Waals surface area contributed by atoms with E-state index in [1.807, 2.05) is 24.5 Å². The highest BCUT2D eigenvalue weighted by Crippen LogP contribution is 2.37. The van der Waals surface area contributed by atoms with Crippen LogP contribution in [-0.2, 0) is 4.79 Å². The number of hydrogen-bond donors (Lipinski definition) is 1. The highest BCUT2D eigenvalue weighted by molar-refractivity contribution is 9.10. The number of furan rings is 1. The Labute approximate surface area is 161 Å². The van der Waals surface area contributed by atoms with Gasteiger partial charge in [0, 0.05) is 12.0 Å². The molecule has 3 heterocycles. The van der Waals surface area contributed by atoms with Gasteiger partial charge < -0.3 is 4.42 Å². The molecule has 0 bridgehead atoms. The molecular weight excluding hydrogens is 420 g/mol. The summed E-state index contributed by atoms with van der Waals surface area (Å²) in [7, 11) is 0. The fraction of sp³-hybridized carbons (Fsp3) is 0.176. The van der Waals surface area contributed by atoms with Crippen molar-refractivity contribution in [3.05, 3.63) is 57.2 Å². The molecule has 4 rings (SSSR count). The molecule has 1 amide bonds. The van der Waals surface area contributed by atoms with Gasteiger partial charge in [0.05, 0.1) is 11.3 Å². The van der Waals surface area contributed by atoms with Crippen LogP contribution in [0.25, 0.3) is 11.3 Å². The average molecular weight is 434 g/mol. The molecule has 1 aliphatic heterocycles. The molecule has 3 aromatic rings. The van der Waals surface area contributed by atoms with Crippen LogP contribution >= 0.6 is 27.7 Å². The zero-order chi connectivity index (χ0) is 18.4. The van der Waals surface area contributed by atoms with E-state index >= 15 is 0 Å². The average Bonchev–Trinajstić information content (AvgIpc) is 3.05. The Bertz CT molecular complexity index is 1080. The van der Waals surface area contributed by atoms with Gasteiger partial charge in [-0.1, -0.05) is 23.9 Å². The topological polar surface area (TPSA) is 83.1 Å². The van der Waals surface area contributed by atoms with Gasteiger partial charge in [0.2, 0.25) is 11.1 Å². The number of para-hydroxylation sites is 1. The molecule has 0 fully saturated rings. The van der Waals surface area contributed by atoms with Crippen molar-refractivity contribution in [1.82, 2.24) is 10.1 Å². The monoisotopic (exact) mass is 433 g/mol. The second kappa shape index (κ2) is 6.40. The van der Waals surface area contributed by atoms with E-state index in [9.17, 15) is 9.59 Å². The van der Waals surface area contributed by atoms with Crippen LogP contribution in [0.15, 0.2) is 55.4 Å². The number of nitrogens with one attached hydrogen (secondary N) is 1. The number of anilines is 1. The fourth-order valence-corrected chi connectivity index (χ4v) is 3.81. The first kappa shape index (κ1) is 17.0. The smallest absolute Gasteiger partial charge is 0.325 e. The lowest BCUT2D eigenvalue weighted by Gasteiger charge is -2.29. The first-order valence-corrected chi connectivity index (χ1v) is 9.77. The van der Waals surface area contributed by atoms with Crippen LogP contribution in [0.1, 0.15) is 18.8 Å². The number of H-pyrrole nitrogens is 1. The fourth-order valence-electron chi connectivity index (χ4n) is 3.13. The molecule has 0 saturated heterocycles. The molecule has 9 heteroatoms. The Hall–Kier alpha value is -2.39. The second-order valence-corrected chi connectivity index (χ2v) is 7.25. The van der Waals surface area contributed by atoms with Crippen LogP contribution in [0.3, 0.4) is 0 Å². The van der Waals surface area contributed by atoms with Gasteiger partial charge in [-0.25, -0.2) is 4.90 Å². The Balaban J connectivity index is 2.10. The van der Waals surface area contributed by atoms with Crippen molar-refractivity contribution in [3.63, 3.8) is 0 Å². The molecule has 1 N–H and O–H groups in total. The van der Waals surface area contributed by atoms with E-state index < -0.39 is 6.17 Å². The number of aromatic amines is 1. The Kier molecular flexibility index (Phi) is 4.20. The summed E-state index contributed by atoms with van der Waals surface area (Å²) in [6, 6.07) is 10.8. The van der Waals surface area contributed by atoms with Crippen LogP contribution < -0.4 is 15.1 Å². The van der Waals surface area contributed by atoms with Gasteiger partial charge in [0.25, 0.3) is 0 Å². The van der Waals surface area contributed by atoms with E-state index in [4.69, 9.17) is 4.42 Å². The van der Waals surface area contributed by atoms with Crippen LogP contribution in [0.4, 0.5) is 5.69 Å². The highest BCUT2D eigenvalue weighted by Gasteiger charge is 2.46. The number of rotatable bonds is 2. The van der Waals surface area contributed by atoms with Crippen molar-refractivity contribution in [2.75, 3.05) is 11.2 Å². The van der Waals surface area contributed by atoms with Crippen molar-refractivity contribution in [3.8, 4) is 11.3 Å². The summed E-state index contributed by atoms with van der Waals surface area (Å²) in [5.41, 5.74) is 1.40. The minimum atomic E-state index is -0.697. The first-order valence-electron chi connectivity index (χ1n) is 7.76. The standard InChI is InChI=1S/C17H13BrN4O3S/c1-9(23)21-11-6-4-3-5-10(11)14-15(24)19-17(26-2)20-22(14)16(21)12-7-8-13(18)25-12/h3-8,16H,1-2H3/p+1/t16-/m0/s1. The number of fused-ring (bicyclic) bond motifs is 3. The van der Waals surface area contributed by atoms with Crippen LogP contribution in [-0.4, -0.2) is 22.2 Å². The minimum Gasteiger partial charge on any atom is -0.445 e. The lowest BCUT2D eigenvalue weighted by Crippen LogP contribution is -2.60. The maximum Gasteiger partial charge on any atom is 0.325 e. The van der Waals surface area contributed by atoms with Gasteiger partial charge in [-0.3, -0.25) is 14.6 Å². The van der Waals surface area contributed by atoms with Gasteiger partial charge in [-0.2, -0.15) is 0 Å². The summed E-state index contributed by atoms with van der Waals surface area (Å²) in [5.74, 6) is 0.318. The number of thioether (sulfide) groups is 1. The molecule has 0 unspecified atom stereocenters. The molecule has 7 nitrogen and oxygen atoms in total. The predicted molar refractivity (Wildman–Crippen MR) is 100.0 cm³/mol. The molecule has 0 spiro atoms. The molecule has 1 atom stereocenters. The number of halogens is 1. The second-order valence-electron chi connectivity index (χ2n) is 5.68. The van der Waals surface area contributed by atoms with Crippen molar-refractivity contribution in [2.24, 2.45) is 0 Å². The summed E-state index contributed by atoms with van der Waals surface area (Å²) in [6.45, 7) is 1.48. The predicted octanol–water partition coefficient (Wildman–Crippen LogP) is 2.72. The van der Waals surface area contributed by atoms with Crippen LogP contribution in [0.2, 0.25) is 0 Å². The highest BCUT2D eigenvalue weighted by atomic mass is 79.9. The van der Waals surface area contributed by atoms with E-state index in [1.165, 1.54) is 18.7 Å². The van der Waals surface area contributed by atoms with E-state index in [1.54, 1.807) is 27.8 Å². The molecule has 1 aromatic carbocycles. The summed E-state index contributed by atoms with van der Waals surface area (Å²) >= 11 is 4.62. The maximum absolute atomic E-state index is 12.8. The molecule has 2 aromatic heterocycles. The Morgan fingerprint density at radius 1 is 1.35 bits per heavy atom. The largest absolute Gasteiger partial charge is 0.445 e. The number of hydrogen-bond acceptors (Lipinski definition) is 5. The van der Waals surface area contributed by atoms with Gasteiger partial charge in [0.1, 0.15) is 0 Å². The molecule has 132 valence electrons. The van der Waals surface area contributed by atoms with E-state index in [2.05, 4.69) is 26.0 Å². The third kappa shape index (κ3) is 2.58. The summed E-state index contributed by atoms with van der Waals surface area (Å²) in [4.78, 5) is 29.7. The third-order valence-electron chi connectivity index (χ3n) is 4.14. The first-order chi connectivity index (χ1) is 12.5. The molecule has 0 aliphatic carbocycles. The van der Waals surface area contributed by atoms with Crippen LogP contribution in [0, 0.1) is 0 Å². The number of carbonyl (C=O) groups excluding carboxylic acids is 1. The number of nitrogens with zero attached hydrogens (tertiary/aromatic N) is 3. The van der Waals surface area contributed by atoms with Gasteiger partial charge in [-0.05, 0) is 51.1 Å². The zero-order valence-corrected chi connectivity index (χ0v) is 16.3. The van der Waals surface area contributed by atoms with E-state index in [-0.39, 0.29) is 11.5 Å². The lowest BCUT2D eigenvalue weighted by molar-refractivity contribution is -0.764. The number of benzene rings is 1. The molecule has 0 radical (unpaired) electrons. The van der Waals surface area contributed by atoms with E-state index in [0.29, 0.717) is 32.5 Å². The summed E-state index contributed by atoms with van der Waals surface area (Å²) in [6.07, 6.45) is 1.13. The maximum atomic E-state index is 12.8. The molecular formula is C17H14BrN4O3S+. The zero-order valence-electron chi connectivity index (χ0n) is 13.9. The normalized spacial score (nSPS) is 15.5. The van der Waals surface area contributed by atoms with E-state index in [0.717, 1.165) is 0 Å². The third-order valence-corrected chi connectivity index (χ3v) is 5.14. The summed E-state index contributed by atoms with van der Waals surface area (Å²) in [5, 5.41) is 5.00. The van der Waals surface area contributed by atoms with Gasteiger partial charge in [0.15, 0.2) is 10.4 Å². The SMILES string of the molecule is CSc1n[n+]2c(c(=O)[nH]1)-c1ccccc1N(C(C)=O)[C@@H]2c1ccc(Br)o1. The minimum absolute atomic E-state index is 0.180. The lowest BCUT2D eigenvalue weighted by atomic mass is 10.0. The Morgan fingerprint density at radius 3 is 2.77 bits per heavy atom.